The molecule has 0 aliphatic carbocycles. The molecule has 0 radical (unpaired) electrons. The van der Waals surface area contributed by atoms with Crippen LogP contribution in [0.1, 0.15) is 13.3 Å². The van der Waals surface area contributed by atoms with Gasteiger partial charge in [0, 0.05) is 20.2 Å². The predicted molar refractivity (Wildman–Crippen MR) is 68.3 cm³/mol. The Bertz CT molecular complexity index is 466. The van der Waals surface area contributed by atoms with Crippen LogP contribution in [0.3, 0.4) is 0 Å². The van der Waals surface area contributed by atoms with Crippen LogP contribution in [0.5, 0.6) is 0 Å². The monoisotopic (exact) mass is 282 g/mol. The second-order valence-corrected chi connectivity index (χ2v) is 4.42. The molecule has 0 aromatic carbocycles. The molecule has 1 aliphatic heterocycles. The lowest BCUT2D eigenvalue weighted by Gasteiger charge is -2.50. The van der Waals surface area contributed by atoms with Crippen molar-refractivity contribution >= 4 is 11.9 Å². The molecular formula is C13H18N2O5. The maximum atomic E-state index is 11.8. The molecule has 0 saturated carbocycles. The number of esters is 2. The molecule has 0 unspecified atom stereocenters. The zero-order chi connectivity index (χ0) is 15.3. The van der Waals surface area contributed by atoms with Crippen molar-refractivity contribution < 1.29 is 23.8 Å². The van der Waals surface area contributed by atoms with Crippen LogP contribution in [0, 0.1) is 11.3 Å². The summed E-state index contributed by atoms with van der Waals surface area (Å²) in [5.41, 5.74) is -0.807. The minimum Gasteiger partial charge on any atom is -0.465 e. The maximum Gasteiger partial charge on any atom is 0.356 e. The van der Waals surface area contributed by atoms with Gasteiger partial charge in [-0.1, -0.05) is 6.92 Å². The highest BCUT2D eigenvalue weighted by Gasteiger charge is 2.45. The quantitative estimate of drug-likeness (QED) is 0.405. The van der Waals surface area contributed by atoms with E-state index < -0.39 is 11.9 Å². The van der Waals surface area contributed by atoms with Gasteiger partial charge in [-0.15, -0.1) is 0 Å². The Balaban J connectivity index is 3.11. The van der Waals surface area contributed by atoms with Gasteiger partial charge < -0.3 is 19.1 Å². The number of hydrogen-bond donors (Lipinski definition) is 0. The van der Waals surface area contributed by atoms with Gasteiger partial charge in [-0.25, -0.2) is 9.59 Å². The average molecular weight is 282 g/mol. The van der Waals surface area contributed by atoms with Crippen molar-refractivity contribution in [2.24, 2.45) is 0 Å². The Morgan fingerprint density at radius 2 is 1.75 bits per heavy atom. The minimum absolute atomic E-state index is 0.0806. The molecule has 0 aromatic heterocycles. The summed E-state index contributed by atoms with van der Waals surface area (Å²) in [5, 5.41) is 9.08. The van der Waals surface area contributed by atoms with Crippen molar-refractivity contribution in [3.05, 3.63) is 11.3 Å². The molecule has 0 aromatic rings. The van der Waals surface area contributed by atoms with Crippen LogP contribution in [0.2, 0.25) is 0 Å². The normalized spacial score (nSPS) is 17.4. The van der Waals surface area contributed by atoms with Crippen molar-refractivity contribution in [1.82, 2.24) is 4.90 Å². The first-order valence-electron chi connectivity index (χ1n) is 6.09. The summed E-state index contributed by atoms with van der Waals surface area (Å²) < 4.78 is 14.6. The smallest absolute Gasteiger partial charge is 0.356 e. The van der Waals surface area contributed by atoms with Crippen LogP contribution in [0.25, 0.3) is 0 Å². The maximum absolute atomic E-state index is 11.8. The lowest BCUT2D eigenvalue weighted by molar-refractivity contribution is -0.148. The molecular weight excluding hydrogens is 264 g/mol. The van der Waals surface area contributed by atoms with E-state index in [0.29, 0.717) is 13.1 Å². The fourth-order valence-corrected chi connectivity index (χ4v) is 2.09. The third-order valence-electron chi connectivity index (χ3n) is 3.47. The highest BCUT2D eigenvalue weighted by Crippen LogP contribution is 2.32. The molecule has 1 rings (SSSR count). The Hall–Kier alpha value is -2.07. The topological polar surface area (TPSA) is 88.9 Å². The van der Waals surface area contributed by atoms with E-state index in [-0.39, 0.29) is 16.9 Å². The number of rotatable bonds is 5. The van der Waals surface area contributed by atoms with Gasteiger partial charge in [-0.05, 0) is 6.42 Å². The molecule has 7 heteroatoms. The number of nitriles is 1. The first kappa shape index (κ1) is 16.0. The highest BCUT2D eigenvalue weighted by atomic mass is 16.5. The lowest BCUT2D eigenvalue weighted by atomic mass is 9.89. The largest absolute Gasteiger partial charge is 0.465 e. The molecule has 7 nitrogen and oxygen atoms in total. The SMILES string of the molecule is CCC1(OC)CN(/C(C(=O)OC)=C(\C#N)C(=O)OC)C1. The zero-order valence-electron chi connectivity index (χ0n) is 12.1. The van der Waals surface area contributed by atoms with Crippen molar-refractivity contribution in [3.63, 3.8) is 0 Å². The molecule has 0 amide bonds. The fraction of sp³-hybridized carbons (Fsp3) is 0.615. The van der Waals surface area contributed by atoms with Crippen molar-refractivity contribution in [2.75, 3.05) is 34.4 Å². The van der Waals surface area contributed by atoms with Crippen molar-refractivity contribution in [1.29, 1.82) is 5.26 Å². The first-order valence-corrected chi connectivity index (χ1v) is 6.09. The molecule has 110 valence electrons. The number of carbonyl (C=O) groups is 2. The predicted octanol–water partition coefficient (Wildman–Crippen LogP) is 0.221. The average Bonchev–Trinajstić information content (AvgIpc) is 2.44. The van der Waals surface area contributed by atoms with E-state index in [4.69, 9.17) is 10.00 Å². The van der Waals surface area contributed by atoms with Gasteiger partial charge in [-0.3, -0.25) is 0 Å². The second kappa shape index (κ2) is 6.39. The van der Waals surface area contributed by atoms with E-state index in [9.17, 15) is 9.59 Å². The van der Waals surface area contributed by atoms with Crippen LogP contribution < -0.4 is 0 Å². The molecule has 0 spiro atoms. The van der Waals surface area contributed by atoms with Gasteiger partial charge in [0.15, 0.2) is 5.57 Å². The summed E-state index contributed by atoms with van der Waals surface area (Å²) in [6.07, 6.45) is 0.758. The van der Waals surface area contributed by atoms with E-state index in [1.165, 1.54) is 7.11 Å². The van der Waals surface area contributed by atoms with Crippen LogP contribution in [0.4, 0.5) is 0 Å². The van der Waals surface area contributed by atoms with Gasteiger partial charge in [-0.2, -0.15) is 5.26 Å². The van der Waals surface area contributed by atoms with Gasteiger partial charge in [0.25, 0.3) is 0 Å². The van der Waals surface area contributed by atoms with Gasteiger partial charge in [0.05, 0.1) is 14.2 Å². The minimum atomic E-state index is -0.862. The molecule has 20 heavy (non-hydrogen) atoms. The Morgan fingerprint density at radius 1 is 1.20 bits per heavy atom. The number of nitrogens with zero attached hydrogens (tertiary/aromatic N) is 2. The highest BCUT2D eigenvalue weighted by molar-refractivity contribution is 6.02. The summed E-state index contributed by atoms with van der Waals surface area (Å²) in [6.45, 7) is 2.78. The number of ether oxygens (including phenoxy) is 3. The summed E-state index contributed by atoms with van der Waals surface area (Å²) in [6, 6.07) is 1.70. The van der Waals surface area contributed by atoms with Gasteiger partial charge in [0.1, 0.15) is 17.4 Å². The lowest BCUT2D eigenvalue weighted by Crippen LogP contribution is -2.62. The Labute approximate surface area is 117 Å². The van der Waals surface area contributed by atoms with Crippen LogP contribution in [0.15, 0.2) is 11.3 Å². The third kappa shape index (κ3) is 2.75. The summed E-state index contributed by atoms with van der Waals surface area (Å²) in [5.74, 6) is -1.60. The molecule has 1 aliphatic rings. The van der Waals surface area contributed by atoms with E-state index in [1.54, 1.807) is 18.1 Å². The first-order chi connectivity index (χ1) is 9.48. The fourth-order valence-electron chi connectivity index (χ4n) is 2.09. The van der Waals surface area contributed by atoms with Gasteiger partial charge >= 0.3 is 11.9 Å². The van der Waals surface area contributed by atoms with Crippen LogP contribution in [-0.2, 0) is 23.8 Å². The van der Waals surface area contributed by atoms with E-state index in [2.05, 4.69) is 9.47 Å². The summed E-state index contributed by atoms with van der Waals surface area (Å²) >= 11 is 0. The van der Waals surface area contributed by atoms with Crippen molar-refractivity contribution in [2.45, 2.75) is 18.9 Å². The summed E-state index contributed by atoms with van der Waals surface area (Å²) in [7, 11) is 3.93. The number of methoxy groups -OCH3 is 3. The molecule has 1 heterocycles. The zero-order valence-corrected chi connectivity index (χ0v) is 12.1. The Morgan fingerprint density at radius 3 is 2.10 bits per heavy atom. The third-order valence-corrected chi connectivity index (χ3v) is 3.47. The second-order valence-electron chi connectivity index (χ2n) is 4.42. The molecule has 0 bridgehead atoms. The van der Waals surface area contributed by atoms with E-state index in [1.807, 2.05) is 6.92 Å². The Kier molecular flexibility index (Phi) is 5.11. The standard InChI is InChI=1S/C13H18N2O5/c1-5-13(20-4)7-15(8-13)10(12(17)19-3)9(6-14)11(16)18-2/h5,7-8H2,1-4H3/b10-9+. The van der Waals surface area contributed by atoms with Crippen LogP contribution >= 0.6 is 0 Å². The number of likely N-dealkylation sites (tertiary alicyclic amines) is 1. The molecule has 0 atom stereocenters. The molecule has 1 fully saturated rings. The van der Waals surface area contributed by atoms with E-state index >= 15 is 0 Å². The number of hydrogen-bond acceptors (Lipinski definition) is 7. The molecule has 1 saturated heterocycles. The number of carbonyl (C=O) groups excluding carboxylic acids is 2. The molecule has 0 N–H and O–H groups in total. The van der Waals surface area contributed by atoms with E-state index in [0.717, 1.165) is 13.5 Å². The van der Waals surface area contributed by atoms with Gasteiger partial charge in [0.2, 0.25) is 0 Å². The van der Waals surface area contributed by atoms with Crippen LogP contribution in [-0.4, -0.2) is 56.9 Å². The summed E-state index contributed by atoms with van der Waals surface area (Å²) in [4.78, 5) is 25.0. The van der Waals surface area contributed by atoms with Crippen molar-refractivity contribution in [3.8, 4) is 6.07 Å².